The van der Waals surface area contributed by atoms with E-state index in [9.17, 15) is 0 Å². The summed E-state index contributed by atoms with van der Waals surface area (Å²) < 4.78 is 0. The van der Waals surface area contributed by atoms with Crippen molar-refractivity contribution in [2.45, 2.75) is 0 Å². The number of hydrogen-bond donors (Lipinski definition) is 0. The number of hydrogen-bond acceptors (Lipinski definition) is 4. The maximum Gasteiger partial charge on any atom is 0.0540 e. The van der Waals surface area contributed by atoms with Gasteiger partial charge in [0.05, 0.1) is 11.4 Å². The summed E-state index contributed by atoms with van der Waals surface area (Å²) >= 11 is 0. The van der Waals surface area contributed by atoms with Crippen molar-refractivity contribution in [2.75, 3.05) is 47.8 Å². The molecule has 0 bridgehead atoms. The smallest absolute Gasteiger partial charge is 0.0540 e. The van der Waals surface area contributed by atoms with E-state index in [4.69, 9.17) is 0 Å². The van der Waals surface area contributed by atoms with E-state index in [1.165, 1.54) is 32.9 Å². The van der Waals surface area contributed by atoms with Crippen LogP contribution in [0.25, 0.3) is 21.5 Å². The molecule has 0 aromatic heterocycles. The Morgan fingerprint density at radius 2 is 0.565 bits per heavy atom. The quantitative estimate of drug-likeness (QED) is 0.172. The fraction of sp³-hybridized carbons (Fsp3) is 0.0952. The molecule has 0 heterocycles. The largest absolute Gasteiger partial charge is 0.378 e. The van der Waals surface area contributed by atoms with Crippen molar-refractivity contribution in [2.24, 2.45) is 0 Å². The van der Waals surface area contributed by atoms with Gasteiger partial charge in [-0.05, 0) is 95.7 Å². The predicted molar refractivity (Wildman–Crippen MR) is 199 cm³/mol. The second kappa shape index (κ2) is 12.3. The Bertz CT molecular complexity index is 1930. The van der Waals surface area contributed by atoms with Crippen molar-refractivity contribution in [1.82, 2.24) is 0 Å². The third kappa shape index (κ3) is 5.50. The molecular weight excluding hydrogens is 560 g/mol. The lowest BCUT2D eigenvalue weighted by Gasteiger charge is -2.30. The lowest BCUT2D eigenvalue weighted by Crippen LogP contribution is -2.13. The second-order valence-electron chi connectivity index (χ2n) is 12.0. The van der Waals surface area contributed by atoms with Gasteiger partial charge in [0, 0.05) is 73.1 Å². The van der Waals surface area contributed by atoms with Gasteiger partial charge >= 0.3 is 0 Å². The average Bonchev–Trinajstić information content (AvgIpc) is 3.10. The number of benzene rings is 7. The first-order valence-electron chi connectivity index (χ1n) is 15.7. The Kier molecular flexibility index (Phi) is 7.78. The third-order valence-corrected chi connectivity index (χ3v) is 8.63. The van der Waals surface area contributed by atoms with Gasteiger partial charge in [-0.15, -0.1) is 0 Å². The Hall–Kier alpha value is -5.74. The molecule has 0 saturated heterocycles. The summed E-state index contributed by atoms with van der Waals surface area (Å²) in [6, 6.07) is 56.8. The van der Waals surface area contributed by atoms with Gasteiger partial charge in [-0.2, -0.15) is 0 Å². The normalized spacial score (nSPS) is 11.0. The second-order valence-corrected chi connectivity index (χ2v) is 12.0. The molecule has 0 saturated carbocycles. The summed E-state index contributed by atoms with van der Waals surface area (Å²) in [5.41, 5.74) is 9.05. The van der Waals surface area contributed by atoms with Gasteiger partial charge in [0.15, 0.2) is 0 Å². The number of fused-ring (bicyclic) bond motifs is 2. The Labute approximate surface area is 272 Å². The summed E-state index contributed by atoms with van der Waals surface area (Å²) in [5, 5.41) is 4.86. The highest BCUT2D eigenvalue weighted by Gasteiger charge is 2.19. The van der Waals surface area contributed by atoms with E-state index in [-0.39, 0.29) is 0 Å². The molecule has 7 aromatic carbocycles. The van der Waals surface area contributed by atoms with Crippen molar-refractivity contribution >= 4 is 67.0 Å². The Morgan fingerprint density at radius 3 is 0.891 bits per heavy atom. The molecule has 0 N–H and O–H groups in total. The molecule has 0 fully saturated rings. The minimum atomic E-state index is 1.10. The molecule has 0 atom stereocenters. The predicted octanol–water partition coefficient (Wildman–Crippen LogP) is 11.1. The molecule has 0 radical (unpaired) electrons. The molecule has 0 aliphatic carbocycles. The molecule has 4 nitrogen and oxygen atoms in total. The maximum atomic E-state index is 2.36. The third-order valence-electron chi connectivity index (χ3n) is 8.63. The first-order valence-corrected chi connectivity index (χ1v) is 15.7. The van der Waals surface area contributed by atoms with Crippen molar-refractivity contribution in [1.29, 1.82) is 0 Å². The van der Waals surface area contributed by atoms with E-state index in [1.807, 2.05) is 0 Å². The van der Waals surface area contributed by atoms with Crippen molar-refractivity contribution in [3.8, 4) is 0 Å². The van der Waals surface area contributed by atoms with Crippen LogP contribution < -0.4 is 19.6 Å². The topological polar surface area (TPSA) is 13.0 Å². The molecular formula is C42H38N4. The van der Waals surface area contributed by atoms with Crippen LogP contribution in [0.3, 0.4) is 0 Å². The van der Waals surface area contributed by atoms with Gasteiger partial charge in [0.2, 0.25) is 0 Å². The first-order chi connectivity index (χ1) is 22.5. The molecule has 7 aromatic rings. The zero-order chi connectivity index (χ0) is 31.6. The molecule has 0 amide bonds. The summed E-state index contributed by atoms with van der Waals surface area (Å²) in [6.07, 6.45) is 0. The van der Waals surface area contributed by atoms with Gasteiger partial charge in [-0.25, -0.2) is 0 Å². The van der Waals surface area contributed by atoms with Crippen molar-refractivity contribution in [3.63, 3.8) is 0 Å². The minimum Gasteiger partial charge on any atom is -0.378 e. The zero-order valence-corrected chi connectivity index (χ0v) is 26.8. The zero-order valence-electron chi connectivity index (χ0n) is 26.8. The van der Waals surface area contributed by atoms with Crippen LogP contribution in [0.15, 0.2) is 158 Å². The van der Waals surface area contributed by atoms with Crippen LogP contribution in [-0.4, -0.2) is 28.2 Å². The average molecular weight is 599 g/mol. The SMILES string of the molecule is CN(C)c1ccc(N(c2ccc(N(c3ccc(N(C)C)cc3)c3cccc4ccccc34)cc2)c2cccc3ccccc23)cc1. The first kappa shape index (κ1) is 29.0. The van der Waals surface area contributed by atoms with E-state index in [0.29, 0.717) is 0 Å². The van der Waals surface area contributed by atoms with Crippen LogP contribution in [0, 0.1) is 0 Å². The lowest BCUT2D eigenvalue weighted by atomic mass is 10.1. The van der Waals surface area contributed by atoms with Gasteiger partial charge in [0.25, 0.3) is 0 Å². The lowest BCUT2D eigenvalue weighted by molar-refractivity contribution is 1.13. The van der Waals surface area contributed by atoms with Gasteiger partial charge in [-0.1, -0.05) is 72.8 Å². The molecule has 46 heavy (non-hydrogen) atoms. The van der Waals surface area contributed by atoms with Gasteiger partial charge < -0.3 is 19.6 Å². The van der Waals surface area contributed by atoms with Crippen LogP contribution in [0.5, 0.6) is 0 Å². The maximum absolute atomic E-state index is 2.36. The highest BCUT2D eigenvalue weighted by Crippen LogP contribution is 2.43. The monoisotopic (exact) mass is 598 g/mol. The van der Waals surface area contributed by atoms with Crippen LogP contribution >= 0.6 is 0 Å². The number of rotatable bonds is 8. The molecule has 0 unspecified atom stereocenters. The van der Waals surface area contributed by atoms with Gasteiger partial charge in [-0.3, -0.25) is 0 Å². The Balaban J connectivity index is 1.37. The highest BCUT2D eigenvalue weighted by molar-refractivity contribution is 6.00. The van der Waals surface area contributed by atoms with E-state index in [1.54, 1.807) is 0 Å². The fourth-order valence-electron chi connectivity index (χ4n) is 6.21. The summed E-state index contributed by atoms with van der Waals surface area (Å²) in [6.45, 7) is 0. The van der Waals surface area contributed by atoms with Crippen molar-refractivity contribution < 1.29 is 0 Å². The summed E-state index contributed by atoms with van der Waals surface area (Å²) in [4.78, 5) is 8.99. The van der Waals surface area contributed by atoms with Crippen LogP contribution in [0.2, 0.25) is 0 Å². The number of anilines is 8. The molecule has 0 aliphatic heterocycles. The molecule has 0 aliphatic rings. The highest BCUT2D eigenvalue weighted by atomic mass is 15.2. The van der Waals surface area contributed by atoms with E-state index < -0.39 is 0 Å². The standard InChI is InChI=1S/C42H38N4/c1-43(2)33-19-23-35(24-20-33)45(41-17-9-13-31-11-5-7-15-39(31)41)37-27-29-38(30-28-37)46(36-25-21-34(22-26-36)44(3)4)42-18-10-14-32-12-6-8-16-40(32)42/h5-30H,1-4H3. The molecule has 226 valence electrons. The van der Waals surface area contributed by atoms with Crippen LogP contribution in [0.4, 0.5) is 45.5 Å². The number of nitrogens with zero attached hydrogens (tertiary/aromatic N) is 4. The molecule has 7 rings (SSSR count). The van der Waals surface area contributed by atoms with Gasteiger partial charge in [0.1, 0.15) is 0 Å². The minimum absolute atomic E-state index is 1.10. The van der Waals surface area contributed by atoms with Crippen LogP contribution in [-0.2, 0) is 0 Å². The van der Waals surface area contributed by atoms with Crippen molar-refractivity contribution in [3.05, 3.63) is 158 Å². The van der Waals surface area contributed by atoms with E-state index in [0.717, 1.165) is 34.1 Å². The van der Waals surface area contributed by atoms with E-state index in [2.05, 4.69) is 206 Å². The summed E-state index contributed by atoms with van der Waals surface area (Å²) in [7, 11) is 8.30. The molecule has 4 heteroatoms. The fourth-order valence-corrected chi connectivity index (χ4v) is 6.21. The van der Waals surface area contributed by atoms with E-state index >= 15 is 0 Å². The Morgan fingerprint density at radius 1 is 0.283 bits per heavy atom. The molecule has 0 spiro atoms. The summed E-state index contributed by atoms with van der Waals surface area (Å²) in [5.74, 6) is 0. The van der Waals surface area contributed by atoms with Crippen LogP contribution in [0.1, 0.15) is 0 Å².